The van der Waals surface area contributed by atoms with Gasteiger partial charge in [-0.05, 0) is 34.6 Å². The van der Waals surface area contributed by atoms with E-state index in [0.29, 0.717) is 5.92 Å². The summed E-state index contributed by atoms with van der Waals surface area (Å²) in [5, 5.41) is 0. The second-order valence-corrected chi connectivity index (χ2v) is 4.50. The van der Waals surface area contributed by atoms with Crippen LogP contribution in [0.4, 0.5) is 0 Å². The third-order valence-corrected chi connectivity index (χ3v) is 3.16. The quantitative estimate of drug-likeness (QED) is 0.683. The molecule has 0 aliphatic heterocycles. The summed E-state index contributed by atoms with van der Waals surface area (Å²) in [4.78, 5) is 0. The molecule has 1 aromatic carbocycles. The summed E-state index contributed by atoms with van der Waals surface area (Å²) in [6.45, 7) is 9.98. The topological polar surface area (TPSA) is 0 Å². The number of hydrogen-bond acceptors (Lipinski definition) is 0. The van der Waals surface area contributed by atoms with Gasteiger partial charge in [0.1, 0.15) is 0 Å². The molecule has 0 fully saturated rings. The molecule has 1 aliphatic rings. The molecule has 0 bridgehead atoms. The third-order valence-electron chi connectivity index (χ3n) is 3.16. The number of rotatable bonds is 2. The molecule has 1 atom stereocenters. The molecule has 0 saturated carbocycles. The average Bonchev–Trinajstić information content (AvgIpc) is 2.33. The summed E-state index contributed by atoms with van der Waals surface area (Å²) >= 11 is 0. The fourth-order valence-electron chi connectivity index (χ4n) is 2.29. The molecule has 0 radical (unpaired) electrons. The van der Waals surface area contributed by atoms with Crippen molar-refractivity contribution in [1.82, 2.24) is 0 Å². The van der Waals surface area contributed by atoms with E-state index in [2.05, 4.69) is 56.5 Å². The van der Waals surface area contributed by atoms with E-state index < -0.39 is 0 Å². The Balaban J connectivity index is 2.54. The lowest BCUT2D eigenvalue weighted by Crippen LogP contribution is -2.03. The molecule has 0 aromatic heterocycles. The molecular weight excluding hydrogens is 204 g/mol. The van der Waals surface area contributed by atoms with E-state index in [1.54, 1.807) is 0 Å². The molecule has 2 rings (SSSR count). The molecule has 0 N–H and O–H groups in total. The maximum atomic E-state index is 3.89. The first kappa shape index (κ1) is 11.7. The van der Waals surface area contributed by atoms with Crippen molar-refractivity contribution in [3.05, 3.63) is 71.8 Å². The van der Waals surface area contributed by atoms with Crippen LogP contribution in [0.2, 0.25) is 0 Å². The van der Waals surface area contributed by atoms with E-state index >= 15 is 0 Å². The van der Waals surface area contributed by atoms with Crippen molar-refractivity contribution in [1.29, 1.82) is 0 Å². The highest BCUT2D eigenvalue weighted by atomic mass is 14.1. The van der Waals surface area contributed by atoms with Gasteiger partial charge in [-0.2, -0.15) is 0 Å². The lowest BCUT2D eigenvalue weighted by Gasteiger charge is -2.16. The van der Waals surface area contributed by atoms with Crippen LogP contribution < -0.4 is 0 Å². The smallest absolute Gasteiger partial charge is 0.0206 e. The van der Waals surface area contributed by atoms with Gasteiger partial charge in [0, 0.05) is 0 Å². The summed E-state index contributed by atoms with van der Waals surface area (Å²) in [7, 11) is 0. The Morgan fingerprint density at radius 2 is 2.00 bits per heavy atom. The van der Waals surface area contributed by atoms with Crippen LogP contribution in [0.1, 0.15) is 23.6 Å². The Labute approximate surface area is 104 Å². The maximum absolute atomic E-state index is 3.89. The maximum Gasteiger partial charge on any atom is -0.0206 e. The predicted octanol–water partition coefficient (Wildman–Crippen LogP) is 4.65. The van der Waals surface area contributed by atoms with Gasteiger partial charge in [0.2, 0.25) is 0 Å². The molecule has 0 heterocycles. The molecule has 0 nitrogen and oxygen atoms in total. The summed E-state index contributed by atoms with van der Waals surface area (Å²) in [5.74, 6) is 0.521. The SMILES string of the molecule is C=CC1=CC(C)Cc2c(C=C)cccc2C=C1. The monoisotopic (exact) mass is 222 g/mol. The van der Waals surface area contributed by atoms with E-state index in [4.69, 9.17) is 0 Å². The highest BCUT2D eigenvalue weighted by Crippen LogP contribution is 2.25. The van der Waals surface area contributed by atoms with Crippen LogP contribution in [0.15, 0.2) is 55.2 Å². The molecule has 1 unspecified atom stereocenters. The van der Waals surface area contributed by atoms with E-state index in [1.807, 2.05) is 12.2 Å². The van der Waals surface area contributed by atoms with Crippen molar-refractivity contribution in [2.45, 2.75) is 13.3 Å². The molecular formula is C17H18. The van der Waals surface area contributed by atoms with Crippen LogP contribution in [0.3, 0.4) is 0 Å². The van der Waals surface area contributed by atoms with Crippen LogP contribution >= 0.6 is 0 Å². The fraction of sp³-hybridized carbons (Fsp3) is 0.176. The zero-order chi connectivity index (χ0) is 12.3. The zero-order valence-electron chi connectivity index (χ0n) is 10.3. The molecule has 0 spiro atoms. The average molecular weight is 222 g/mol. The minimum absolute atomic E-state index is 0.521. The summed E-state index contributed by atoms with van der Waals surface area (Å²) in [5.41, 5.74) is 5.13. The van der Waals surface area contributed by atoms with Gasteiger partial charge in [-0.1, -0.05) is 68.7 Å². The number of allylic oxidation sites excluding steroid dienone is 4. The molecule has 0 heteroatoms. The second-order valence-electron chi connectivity index (χ2n) is 4.50. The van der Waals surface area contributed by atoms with Crippen molar-refractivity contribution < 1.29 is 0 Å². The summed E-state index contributed by atoms with van der Waals surface area (Å²) < 4.78 is 0. The highest BCUT2D eigenvalue weighted by Gasteiger charge is 2.10. The molecule has 86 valence electrons. The molecule has 0 saturated heterocycles. The summed E-state index contributed by atoms with van der Waals surface area (Å²) in [6.07, 6.45) is 11.5. The van der Waals surface area contributed by atoms with E-state index in [0.717, 1.165) is 6.42 Å². The Hall–Kier alpha value is -1.82. The Morgan fingerprint density at radius 1 is 1.18 bits per heavy atom. The largest absolute Gasteiger partial charge is 0.0985 e. The van der Waals surface area contributed by atoms with E-state index in [1.165, 1.54) is 22.3 Å². The van der Waals surface area contributed by atoms with Gasteiger partial charge < -0.3 is 0 Å². The van der Waals surface area contributed by atoms with E-state index in [9.17, 15) is 0 Å². The normalized spacial score (nSPS) is 18.6. The van der Waals surface area contributed by atoms with Crippen molar-refractivity contribution in [2.75, 3.05) is 0 Å². The fourth-order valence-corrected chi connectivity index (χ4v) is 2.29. The Kier molecular flexibility index (Phi) is 3.43. The van der Waals surface area contributed by atoms with Crippen LogP contribution in [0.5, 0.6) is 0 Å². The van der Waals surface area contributed by atoms with Gasteiger partial charge in [0.25, 0.3) is 0 Å². The van der Waals surface area contributed by atoms with Crippen molar-refractivity contribution in [3.8, 4) is 0 Å². The summed E-state index contributed by atoms with van der Waals surface area (Å²) in [6, 6.07) is 6.38. The molecule has 1 aromatic rings. The van der Waals surface area contributed by atoms with E-state index in [-0.39, 0.29) is 0 Å². The van der Waals surface area contributed by atoms with Crippen LogP contribution in [-0.4, -0.2) is 0 Å². The third kappa shape index (κ3) is 2.47. The van der Waals surface area contributed by atoms with Gasteiger partial charge in [-0.25, -0.2) is 0 Å². The Bertz CT molecular complexity index is 501. The molecule has 1 aliphatic carbocycles. The van der Waals surface area contributed by atoms with Crippen LogP contribution in [0.25, 0.3) is 12.2 Å². The highest BCUT2D eigenvalue weighted by molar-refractivity contribution is 5.65. The van der Waals surface area contributed by atoms with Gasteiger partial charge in [0.05, 0.1) is 0 Å². The van der Waals surface area contributed by atoms with Crippen molar-refractivity contribution in [3.63, 3.8) is 0 Å². The Morgan fingerprint density at radius 3 is 2.71 bits per heavy atom. The predicted molar refractivity (Wildman–Crippen MR) is 76.7 cm³/mol. The second kappa shape index (κ2) is 5.01. The number of hydrogen-bond donors (Lipinski definition) is 0. The van der Waals surface area contributed by atoms with Crippen molar-refractivity contribution >= 4 is 12.2 Å². The minimum Gasteiger partial charge on any atom is -0.0985 e. The van der Waals surface area contributed by atoms with Crippen molar-refractivity contribution in [2.24, 2.45) is 5.92 Å². The molecule has 0 amide bonds. The zero-order valence-corrected chi connectivity index (χ0v) is 10.3. The van der Waals surface area contributed by atoms with Gasteiger partial charge in [-0.15, -0.1) is 0 Å². The van der Waals surface area contributed by atoms with Gasteiger partial charge in [0.15, 0.2) is 0 Å². The van der Waals surface area contributed by atoms with Crippen LogP contribution in [0, 0.1) is 5.92 Å². The number of fused-ring (bicyclic) bond motifs is 1. The minimum atomic E-state index is 0.521. The first-order chi connectivity index (χ1) is 8.24. The first-order valence-electron chi connectivity index (χ1n) is 6.01. The first-order valence-corrected chi connectivity index (χ1v) is 6.01. The lowest BCUT2D eigenvalue weighted by atomic mass is 9.89. The lowest BCUT2D eigenvalue weighted by molar-refractivity contribution is 0.718. The van der Waals surface area contributed by atoms with Gasteiger partial charge >= 0.3 is 0 Å². The molecule has 17 heavy (non-hydrogen) atoms. The number of benzene rings is 1. The standard InChI is InChI=1S/C17H18/c1-4-14-9-10-16-8-6-7-15(5-2)17(16)12-13(3)11-14/h4-11,13H,1-2,12H2,3H3. The van der Waals surface area contributed by atoms with Gasteiger partial charge in [-0.3, -0.25) is 0 Å². The van der Waals surface area contributed by atoms with Crippen LogP contribution in [-0.2, 0) is 6.42 Å².